The highest BCUT2D eigenvalue weighted by atomic mass is 16.5. The fourth-order valence-corrected chi connectivity index (χ4v) is 2.84. The number of hydrogen-bond acceptors (Lipinski definition) is 7. The standard InChI is InChI=1S/C24H20N2O6/c1-30-11-5-10-26-22(27)20-13-17-8-9-19(14-21(17)32-24(20)29)31-23(28)18(15-25)12-16-6-3-2-4-7-16/h2-4,6-9,12-14H,5,10-11H2,1H3,(H,26,27)/b18-12+. The molecule has 3 rings (SSSR count). The number of carbonyl (C=O) groups excluding carboxylic acids is 2. The number of hydrogen-bond donors (Lipinski definition) is 1. The first-order valence-corrected chi connectivity index (χ1v) is 9.76. The summed E-state index contributed by atoms with van der Waals surface area (Å²) < 4.78 is 15.4. The molecule has 0 saturated carbocycles. The van der Waals surface area contributed by atoms with Crippen LogP contribution in [0.5, 0.6) is 5.75 Å². The van der Waals surface area contributed by atoms with Gasteiger partial charge in [0.15, 0.2) is 0 Å². The minimum absolute atomic E-state index is 0.0941. The number of amides is 1. The third-order valence-electron chi connectivity index (χ3n) is 4.42. The molecule has 32 heavy (non-hydrogen) atoms. The lowest BCUT2D eigenvalue weighted by molar-refractivity contribution is -0.129. The van der Waals surface area contributed by atoms with E-state index < -0.39 is 17.5 Å². The summed E-state index contributed by atoms with van der Waals surface area (Å²) in [5.41, 5.74) is -0.303. The first-order chi connectivity index (χ1) is 15.5. The van der Waals surface area contributed by atoms with Crippen molar-refractivity contribution in [2.75, 3.05) is 20.3 Å². The molecule has 3 aromatic rings. The van der Waals surface area contributed by atoms with E-state index in [4.69, 9.17) is 13.9 Å². The van der Waals surface area contributed by atoms with Crippen molar-refractivity contribution < 1.29 is 23.5 Å². The summed E-state index contributed by atoms with van der Waals surface area (Å²) in [4.78, 5) is 36.8. The normalized spacial score (nSPS) is 11.1. The first kappa shape index (κ1) is 22.5. The molecule has 0 aliphatic heterocycles. The molecular weight excluding hydrogens is 412 g/mol. The predicted molar refractivity (Wildman–Crippen MR) is 117 cm³/mol. The van der Waals surface area contributed by atoms with E-state index in [1.807, 2.05) is 12.1 Å². The van der Waals surface area contributed by atoms with Crippen LogP contribution in [-0.2, 0) is 9.53 Å². The van der Waals surface area contributed by atoms with Crippen molar-refractivity contribution in [3.63, 3.8) is 0 Å². The van der Waals surface area contributed by atoms with E-state index in [0.717, 1.165) is 0 Å². The Morgan fingerprint density at radius 3 is 2.66 bits per heavy atom. The smallest absolute Gasteiger partial charge is 0.354 e. The Labute approximate surface area is 183 Å². The molecule has 0 aliphatic carbocycles. The van der Waals surface area contributed by atoms with Gasteiger partial charge in [0.05, 0.1) is 0 Å². The fraction of sp³-hybridized carbons (Fsp3) is 0.167. The zero-order valence-electron chi connectivity index (χ0n) is 17.3. The van der Waals surface area contributed by atoms with Gasteiger partial charge in [-0.15, -0.1) is 0 Å². The molecule has 1 aromatic heterocycles. The molecule has 0 saturated heterocycles. The Bertz CT molecular complexity index is 1250. The van der Waals surface area contributed by atoms with Crippen LogP contribution < -0.4 is 15.7 Å². The lowest BCUT2D eigenvalue weighted by Crippen LogP contribution is -2.29. The SMILES string of the molecule is COCCCNC(=O)c1cc2ccc(OC(=O)/C(C#N)=C/c3ccccc3)cc2oc1=O. The number of ether oxygens (including phenoxy) is 2. The average molecular weight is 432 g/mol. The van der Waals surface area contributed by atoms with E-state index in [9.17, 15) is 19.6 Å². The molecule has 0 unspecified atom stereocenters. The van der Waals surface area contributed by atoms with Gasteiger partial charge < -0.3 is 19.2 Å². The van der Waals surface area contributed by atoms with Crippen LogP contribution in [0.3, 0.4) is 0 Å². The van der Waals surface area contributed by atoms with E-state index in [1.54, 1.807) is 37.4 Å². The molecule has 0 atom stereocenters. The van der Waals surface area contributed by atoms with Gasteiger partial charge in [-0.2, -0.15) is 5.26 Å². The van der Waals surface area contributed by atoms with Crippen LogP contribution in [0.25, 0.3) is 17.0 Å². The lowest BCUT2D eigenvalue weighted by Gasteiger charge is -2.07. The Hall–Kier alpha value is -4.22. The molecule has 8 nitrogen and oxygen atoms in total. The van der Waals surface area contributed by atoms with Crippen molar-refractivity contribution in [3.8, 4) is 11.8 Å². The Kier molecular flexibility index (Phi) is 7.51. The van der Waals surface area contributed by atoms with Crippen LogP contribution in [0.15, 0.2) is 69.4 Å². The number of benzene rings is 2. The summed E-state index contributed by atoms with van der Waals surface area (Å²) in [6.07, 6.45) is 2.03. The van der Waals surface area contributed by atoms with Gasteiger partial charge in [-0.1, -0.05) is 30.3 Å². The second-order valence-corrected chi connectivity index (χ2v) is 6.72. The number of rotatable bonds is 8. The third kappa shape index (κ3) is 5.68. The summed E-state index contributed by atoms with van der Waals surface area (Å²) in [7, 11) is 1.56. The highest BCUT2D eigenvalue weighted by Gasteiger charge is 2.16. The van der Waals surface area contributed by atoms with Crippen LogP contribution >= 0.6 is 0 Å². The van der Waals surface area contributed by atoms with Gasteiger partial charge >= 0.3 is 11.6 Å². The third-order valence-corrected chi connectivity index (χ3v) is 4.42. The van der Waals surface area contributed by atoms with E-state index >= 15 is 0 Å². The number of nitrogens with zero attached hydrogens (tertiary/aromatic N) is 1. The van der Waals surface area contributed by atoms with Crippen molar-refractivity contribution in [2.24, 2.45) is 0 Å². The topological polar surface area (TPSA) is 119 Å². The van der Waals surface area contributed by atoms with Crippen molar-refractivity contribution >= 4 is 28.9 Å². The molecule has 1 N–H and O–H groups in total. The summed E-state index contributed by atoms with van der Waals surface area (Å²) in [6, 6.07) is 16.5. The molecule has 0 aliphatic rings. The Morgan fingerprint density at radius 1 is 1.16 bits per heavy atom. The quantitative estimate of drug-likeness (QED) is 0.145. The number of methoxy groups -OCH3 is 1. The van der Waals surface area contributed by atoms with Gasteiger partial charge in [0, 0.05) is 31.7 Å². The van der Waals surface area contributed by atoms with Crippen LogP contribution in [-0.4, -0.2) is 32.1 Å². The maximum absolute atomic E-state index is 12.4. The number of fused-ring (bicyclic) bond motifs is 1. The van der Waals surface area contributed by atoms with Crippen LogP contribution in [0.1, 0.15) is 22.3 Å². The molecule has 1 heterocycles. The largest absolute Gasteiger partial charge is 0.422 e. The summed E-state index contributed by atoms with van der Waals surface area (Å²) in [6.45, 7) is 0.846. The molecule has 0 bridgehead atoms. The zero-order chi connectivity index (χ0) is 22.9. The highest BCUT2D eigenvalue weighted by Crippen LogP contribution is 2.22. The number of carbonyl (C=O) groups is 2. The van der Waals surface area contributed by atoms with Gasteiger partial charge in [0.2, 0.25) is 0 Å². The van der Waals surface area contributed by atoms with E-state index in [0.29, 0.717) is 30.5 Å². The molecule has 162 valence electrons. The van der Waals surface area contributed by atoms with Gasteiger partial charge in [0.25, 0.3) is 5.91 Å². The van der Waals surface area contributed by atoms with E-state index in [2.05, 4.69) is 5.32 Å². The summed E-state index contributed by atoms with van der Waals surface area (Å²) in [5, 5.41) is 12.4. The van der Waals surface area contributed by atoms with E-state index in [1.165, 1.54) is 24.3 Å². The second kappa shape index (κ2) is 10.7. The second-order valence-electron chi connectivity index (χ2n) is 6.72. The maximum atomic E-state index is 12.4. The van der Waals surface area contributed by atoms with E-state index in [-0.39, 0.29) is 22.5 Å². The fourth-order valence-electron chi connectivity index (χ4n) is 2.84. The molecule has 1 amide bonds. The van der Waals surface area contributed by atoms with Crippen molar-refractivity contribution in [1.82, 2.24) is 5.32 Å². The first-order valence-electron chi connectivity index (χ1n) is 9.76. The van der Waals surface area contributed by atoms with Gasteiger partial charge in [-0.25, -0.2) is 9.59 Å². The van der Waals surface area contributed by atoms with Crippen molar-refractivity contribution in [3.05, 3.63) is 81.7 Å². The Balaban J connectivity index is 1.77. The molecule has 0 radical (unpaired) electrons. The molecule has 2 aromatic carbocycles. The molecule has 0 spiro atoms. The minimum atomic E-state index is -0.842. The van der Waals surface area contributed by atoms with Crippen LogP contribution in [0.2, 0.25) is 0 Å². The zero-order valence-corrected chi connectivity index (χ0v) is 17.3. The van der Waals surface area contributed by atoms with Gasteiger partial charge in [-0.3, -0.25) is 4.79 Å². The molecule has 8 heteroatoms. The molecule has 0 fully saturated rings. The monoisotopic (exact) mass is 432 g/mol. The highest BCUT2D eigenvalue weighted by molar-refractivity contribution is 5.99. The Morgan fingerprint density at radius 2 is 1.94 bits per heavy atom. The lowest BCUT2D eigenvalue weighted by atomic mass is 10.1. The minimum Gasteiger partial charge on any atom is -0.422 e. The van der Waals surface area contributed by atoms with Crippen LogP contribution in [0, 0.1) is 11.3 Å². The van der Waals surface area contributed by atoms with Gasteiger partial charge in [-0.05, 0) is 36.3 Å². The summed E-state index contributed by atoms with van der Waals surface area (Å²) >= 11 is 0. The maximum Gasteiger partial charge on any atom is 0.354 e. The van der Waals surface area contributed by atoms with Crippen molar-refractivity contribution in [2.45, 2.75) is 6.42 Å². The number of nitrogens with one attached hydrogen (secondary N) is 1. The average Bonchev–Trinajstić information content (AvgIpc) is 2.80. The predicted octanol–water partition coefficient (Wildman–Crippen LogP) is 3.07. The number of esters is 1. The summed E-state index contributed by atoms with van der Waals surface area (Å²) in [5.74, 6) is -1.29. The number of nitriles is 1. The van der Waals surface area contributed by atoms with Gasteiger partial charge in [0.1, 0.15) is 28.5 Å². The van der Waals surface area contributed by atoms with Crippen molar-refractivity contribution in [1.29, 1.82) is 5.26 Å². The molecular formula is C24H20N2O6. The van der Waals surface area contributed by atoms with Crippen LogP contribution in [0.4, 0.5) is 0 Å².